The van der Waals surface area contributed by atoms with Gasteiger partial charge in [0, 0.05) is 10.2 Å². The summed E-state index contributed by atoms with van der Waals surface area (Å²) in [5.74, 6) is 0. The van der Waals surface area contributed by atoms with Gasteiger partial charge < -0.3 is 0 Å². The molecule has 0 amide bonds. The third-order valence-electron chi connectivity index (χ3n) is 1.64. The molecule has 78 valence electrons. The Morgan fingerprint density at radius 1 is 1.36 bits per heavy atom. The molecule has 1 nitrogen and oxygen atoms in total. The Bertz CT molecular complexity index is 322. The molecule has 0 atom stereocenters. The fourth-order valence-corrected chi connectivity index (χ4v) is 1.56. The number of pyridine rings is 1. The van der Waals surface area contributed by atoms with Gasteiger partial charge in [0.2, 0.25) is 0 Å². The van der Waals surface area contributed by atoms with Crippen molar-refractivity contribution in [3.63, 3.8) is 0 Å². The van der Waals surface area contributed by atoms with Gasteiger partial charge in [-0.1, -0.05) is 29.3 Å². The van der Waals surface area contributed by atoms with Crippen LogP contribution in [0.3, 0.4) is 0 Å². The van der Waals surface area contributed by atoms with E-state index in [9.17, 15) is 13.2 Å². The highest BCUT2D eigenvalue weighted by atomic mass is 79.9. The molecule has 1 aromatic heterocycles. The maximum Gasteiger partial charge on any atom is 0.433 e. The first-order valence-corrected chi connectivity index (χ1v) is 4.96. The van der Waals surface area contributed by atoms with Gasteiger partial charge >= 0.3 is 6.18 Å². The van der Waals surface area contributed by atoms with Crippen molar-refractivity contribution in [3.8, 4) is 0 Å². The van der Waals surface area contributed by atoms with E-state index in [0.29, 0.717) is 16.6 Å². The van der Waals surface area contributed by atoms with Gasteiger partial charge in [0.05, 0.1) is 0 Å². The first-order valence-electron chi connectivity index (χ1n) is 4.17. The lowest BCUT2D eigenvalue weighted by atomic mass is 10.2. The molecule has 0 spiro atoms. The van der Waals surface area contributed by atoms with Crippen LogP contribution in [0.1, 0.15) is 24.7 Å². The molecule has 1 heterocycles. The number of hydrogen-bond donors (Lipinski definition) is 0. The Morgan fingerprint density at radius 3 is 2.50 bits per heavy atom. The lowest BCUT2D eigenvalue weighted by Gasteiger charge is -2.08. The van der Waals surface area contributed by atoms with Crippen molar-refractivity contribution >= 4 is 15.9 Å². The minimum atomic E-state index is -4.37. The molecule has 14 heavy (non-hydrogen) atoms. The minimum Gasteiger partial charge on any atom is -0.248 e. The SMILES string of the molecule is CCCc1cc(Br)cc(C(F)(F)F)n1. The van der Waals surface area contributed by atoms with Crippen LogP contribution in [0.5, 0.6) is 0 Å². The van der Waals surface area contributed by atoms with Gasteiger partial charge in [-0.2, -0.15) is 13.2 Å². The number of aryl methyl sites for hydroxylation is 1. The molecule has 1 rings (SSSR count). The van der Waals surface area contributed by atoms with E-state index in [0.717, 1.165) is 12.5 Å². The highest BCUT2D eigenvalue weighted by Gasteiger charge is 2.32. The van der Waals surface area contributed by atoms with E-state index in [2.05, 4.69) is 20.9 Å². The van der Waals surface area contributed by atoms with Crippen LogP contribution in [0.15, 0.2) is 16.6 Å². The zero-order chi connectivity index (χ0) is 10.8. The largest absolute Gasteiger partial charge is 0.433 e. The zero-order valence-electron chi connectivity index (χ0n) is 7.53. The lowest BCUT2D eigenvalue weighted by molar-refractivity contribution is -0.141. The van der Waals surface area contributed by atoms with Crippen molar-refractivity contribution < 1.29 is 13.2 Å². The second-order valence-corrected chi connectivity index (χ2v) is 3.83. The Balaban J connectivity index is 3.07. The topological polar surface area (TPSA) is 12.9 Å². The Labute approximate surface area is 88.5 Å². The number of rotatable bonds is 2. The summed E-state index contributed by atoms with van der Waals surface area (Å²) in [6, 6.07) is 2.60. The molecule has 0 saturated carbocycles. The summed E-state index contributed by atoms with van der Waals surface area (Å²) in [7, 11) is 0. The smallest absolute Gasteiger partial charge is 0.248 e. The van der Waals surface area contributed by atoms with E-state index < -0.39 is 11.9 Å². The molecule has 0 aliphatic heterocycles. The molecule has 0 saturated heterocycles. The second kappa shape index (κ2) is 4.29. The molecule has 0 unspecified atom stereocenters. The lowest BCUT2D eigenvalue weighted by Crippen LogP contribution is -2.09. The Kier molecular flexibility index (Phi) is 3.53. The van der Waals surface area contributed by atoms with Crippen LogP contribution in [0.25, 0.3) is 0 Å². The third-order valence-corrected chi connectivity index (χ3v) is 2.10. The first-order chi connectivity index (χ1) is 6.43. The Morgan fingerprint density at radius 2 is 2.00 bits per heavy atom. The normalized spacial score (nSPS) is 11.8. The van der Waals surface area contributed by atoms with Crippen LogP contribution in [0.4, 0.5) is 13.2 Å². The number of halogens is 4. The minimum absolute atomic E-state index is 0.420. The third kappa shape index (κ3) is 2.97. The van der Waals surface area contributed by atoms with Gasteiger partial charge in [-0.05, 0) is 18.6 Å². The van der Waals surface area contributed by atoms with E-state index in [1.54, 1.807) is 6.07 Å². The molecular weight excluding hydrogens is 259 g/mol. The molecule has 0 aliphatic rings. The summed E-state index contributed by atoms with van der Waals surface area (Å²) < 4.78 is 37.3. The maximum absolute atomic E-state index is 12.3. The van der Waals surface area contributed by atoms with Gasteiger partial charge in [-0.15, -0.1) is 0 Å². The number of hydrogen-bond acceptors (Lipinski definition) is 1. The van der Waals surface area contributed by atoms with Crippen molar-refractivity contribution in [1.82, 2.24) is 4.98 Å². The number of nitrogens with zero attached hydrogens (tertiary/aromatic N) is 1. The number of alkyl halides is 3. The summed E-state index contributed by atoms with van der Waals surface area (Å²) >= 11 is 3.04. The summed E-state index contributed by atoms with van der Waals surface area (Å²) in [5, 5.41) is 0. The molecule has 0 fully saturated rings. The van der Waals surface area contributed by atoms with Crippen molar-refractivity contribution in [2.24, 2.45) is 0 Å². The molecule has 1 aromatic rings. The van der Waals surface area contributed by atoms with Crippen LogP contribution in [0.2, 0.25) is 0 Å². The highest BCUT2D eigenvalue weighted by Crippen LogP contribution is 2.29. The van der Waals surface area contributed by atoms with Crippen LogP contribution < -0.4 is 0 Å². The molecule has 5 heteroatoms. The molecule has 0 N–H and O–H groups in total. The molecule has 0 bridgehead atoms. The van der Waals surface area contributed by atoms with E-state index in [4.69, 9.17) is 0 Å². The van der Waals surface area contributed by atoms with E-state index >= 15 is 0 Å². The summed E-state index contributed by atoms with van der Waals surface area (Å²) in [4.78, 5) is 3.54. The van der Waals surface area contributed by atoms with Crippen molar-refractivity contribution in [1.29, 1.82) is 0 Å². The van der Waals surface area contributed by atoms with Crippen LogP contribution in [0, 0.1) is 0 Å². The predicted molar refractivity (Wildman–Crippen MR) is 50.9 cm³/mol. The van der Waals surface area contributed by atoms with Crippen LogP contribution in [-0.4, -0.2) is 4.98 Å². The summed E-state index contributed by atoms with van der Waals surface area (Å²) in [6.45, 7) is 1.90. The van der Waals surface area contributed by atoms with Crippen LogP contribution in [-0.2, 0) is 12.6 Å². The standard InChI is InChI=1S/C9H9BrF3N/c1-2-3-7-4-6(10)5-8(14-7)9(11,12)13/h4-5H,2-3H2,1H3. The molecule has 0 radical (unpaired) electrons. The van der Waals surface area contributed by atoms with Crippen molar-refractivity contribution in [2.45, 2.75) is 25.9 Å². The quantitative estimate of drug-likeness (QED) is 0.794. The molecule has 0 aliphatic carbocycles. The van der Waals surface area contributed by atoms with Crippen LogP contribution >= 0.6 is 15.9 Å². The van der Waals surface area contributed by atoms with Gasteiger partial charge in [-0.3, -0.25) is 0 Å². The van der Waals surface area contributed by atoms with Gasteiger partial charge in [0.15, 0.2) is 0 Å². The monoisotopic (exact) mass is 267 g/mol. The predicted octanol–water partition coefficient (Wildman–Crippen LogP) is 3.82. The van der Waals surface area contributed by atoms with Gasteiger partial charge in [0.1, 0.15) is 5.69 Å². The number of aromatic nitrogens is 1. The Hall–Kier alpha value is -0.580. The van der Waals surface area contributed by atoms with Crippen molar-refractivity contribution in [3.05, 3.63) is 28.0 Å². The highest BCUT2D eigenvalue weighted by molar-refractivity contribution is 9.10. The summed E-state index contributed by atoms with van der Waals surface area (Å²) in [6.07, 6.45) is -3.03. The summed E-state index contributed by atoms with van der Waals surface area (Å²) in [5.41, 5.74) is -0.371. The van der Waals surface area contributed by atoms with Gasteiger partial charge in [-0.25, -0.2) is 4.98 Å². The second-order valence-electron chi connectivity index (χ2n) is 2.91. The van der Waals surface area contributed by atoms with E-state index in [-0.39, 0.29) is 0 Å². The fourth-order valence-electron chi connectivity index (χ4n) is 1.08. The average Bonchev–Trinajstić information content (AvgIpc) is 2.02. The fraction of sp³-hybridized carbons (Fsp3) is 0.444. The zero-order valence-corrected chi connectivity index (χ0v) is 9.11. The van der Waals surface area contributed by atoms with E-state index in [1.165, 1.54) is 0 Å². The molecule has 0 aromatic carbocycles. The van der Waals surface area contributed by atoms with Gasteiger partial charge in [0.25, 0.3) is 0 Å². The first kappa shape index (κ1) is 11.5. The van der Waals surface area contributed by atoms with Crippen molar-refractivity contribution in [2.75, 3.05) is 0 Å². The maximum atomic E-state index is 12.3. The molecular formula is C9H9BrF3N. The average molecular weight is 268 g/mol. The van der Waals surface area contributed by atoms with E-state index in [1.807, 2.05) is 6.92 Å².